The Balaban J connectivity index is 1.35. The standard InChI is InChI=1S/C21H21FN4OS/c22-9-14-3-1-13(2-4-14)7-17(23)11-25-21-26-12-19(28-21)15-5-6-18-16(8-15)10-24-20(18)27/h1-6,8,12,17H,7,9-11,23H2,(H,24,27)(H,25,26)/t17-/m0/s1. The molecule has 28 heavy (non-hydrogen) atoms. The van der Waals surface area contributed by atoms with E-state index in [-0.39, 0.29) is 11.9 Å². The van der Waals surface area contributed by atoms with Crippen molar-refractivity contribution in [2.24, 2.45) is 5.73 Å². The van der Waals surface area contributed by atoms with Crippen molar-refractivity contribution in [1.82, 2.24) is 10.3 Å². The maximum atomic E-state index is 12.6. The van der Waals surface area contributed by atoms with E-state index in [0.29, 0.717) is 25.1 Å². The lowest BCUT2D eigenvalue weighted by molar-refractivity contribution is 0.0966. The smallest absolute Gasteiger partial charge is 0.251 e. The van der Waals surface area contributed by atoms with Crippen LogP contribution < -0.4 is 16.4 Å². The Morgan fingerprint density at radius 1 is 1.21 bits per heavy atom. The third kappa shape index (κ3) is 4.05. The zero-order chi connectivity index (χ0) is 19.5. The molecule has 0 saturated heterocycles. The van der Waals surface area contributed by atoms with Gasteiger partial charge in [0.25, 0.3) is 5.91 Å². The molecule has 0 radical (unpaired) electrons. The third-order valence-corrected chi connectivity index (χ3v) is 5.77. The summed E-state index contributed by atoms with van der Waals surface area (Å²) in [6, 6.07) is 13.2. The van der Waals surface area contributed by atoms with Gasteiger partial charge in [-0.25, -0.2) is 9.37 Å². The second kappa shape index (κ2) is 8.08. The Hall–Kier alpha value is -2.77. The first kappa shape index (κ1) is 18.6. The van der Waals surface area contributed by atoms with Gasteiger partial charge in [0.1, 0.15) is 6.67 Å². The van der Waals surface area contributed by atoms with Crippen LogP contribution in [0.2, 0.25) is 0 Å². The van der Waals surface area contributed by atoms with Crippen LogP contribution in [0.15, 0.2) is 48.7 Å². The molecule has 0 fully saturated rings. The lowest BCUT2D eigenvalue weighted by Crippen LogP contribution is -2.31. The van der Waals surface area contributed by atoms with E-state index in [1.54, 1.807) is 23.5 Å². The van der Waals surface area contributed by atoms with Crippen molar-refractivity contribution >= 4 is 22.4 Å². The van der Waals surface area contributed by atoms with Crippen LogP contribution in [0.25, 0.3) is 10.4 Å². The van der Waals surface area contributed by atoms with Crippen molar-refractivity contribution in [2.45, 2.75) is 25.7 Å². The van der Waals surface area contributed by atoms with Gasteiger partial charge in [0, 0.05) is 30.9 Å². The van der Waals surface area contributed by atoms with E-state index < -0.39 is 6.67 Å². The molecule has 1 aromatic heterocycles. The van der Waals surface area contributed by atoms with Gasteiger partial charge in [0.2, 0.25) is 0 Å². The summed E-state index contributed by atoms with van der Waals surface area (Å²) in [6.07, 6.45) is 2.55. The van der Waals surface area contributed by atoms with E-state index >= 15 is 0 Å². The SMILES string of the molecule is N[C@H](CNc1ncc(-c2ccc3c(c2)CNC3=O)s1)Cc1ccc(CF)cc1. The molecular formula is C21H21FN4OS. The van der Waals surface area contributed by atoms with Gasteiger partial charge in [-0.2, -0.15) is 0 Å². The number of alkyl halides is 1. The minimum atomic E-state index is -0.447. The average Bonchev–Trinajstić information content (AvgIpc) is 3.34. The van der Waals surface area contributed by atoms with Gasteiger partial charge in [-0.05, 0) is 40.8 Å². The molecule has 1 atom stereocenters. The summed E-state index contributed by atoms with van der Waals surface area (Å²) in [4.78, 5) is 17.1. The number of rotatable bonds is 7. The van der Waals surface area contributed by atoms with E-state index in [9.17, 15) is 9.18 Å². The summed E-state index contributed by atoms with van der Waals surface area (Å²) in [5.74, 6) is -0.0125. The number of nitrogens with two attached hydrogens (primary N) is 1. The van der Waals surface area contributed by atoms with Crippen molar-refractivity contribution in [3.05, 3.63) is 70.9 Å². The van der Waals surface area contributed by atoms with Crippen LogP contribution in [-0.2, 0) is 19.6 Å². The van der Waals surface area contributed by atoms with Crippen LogP contribution in [0, 0.1) is 0 Å². The fourth-order valence-corrected chi connectivity index (χ4v) is 4.05. The Morgan fingerprint density at radius 3 is 2.79 bits per heavy atom. The van der Waals surface area contributed by atoms with Gasteiger partial charge in [0.15, 0.2) is 5.13 Å². The minimum absolute atomic E-state index is 0.0125. The van der Waals surface area contributed by atoms with Crippen molar-refractivity contribution in [3.8, 4) is 10.4 Å². The summed E-state index contributed by atoms with van der Waals surface area (Å²) in [7, 11) is 0. The number of carbonyl (C=O) groups is 1. The fourth-order valence-electron chi connectivity index (χ4n) is 3.23. The first-order valence-electron chi connectivity index (χ1n) is 9.13. The predicted molar refractivity (Wildman–Crippen MR) is 110 cm³/mol. The van der Waals surface area contributed by atoms with E-state index in [1.807, 2.05) is 36.5 Å². The maximum Gasteiger partial charge on any atom is 0.251 e. The zero-order valence-electron chi connectivity index (χ0n) is 15.2. The summed E-state index contributed by atoms with van der Waals surface area (Å²) < 4.78 is 12.6. The molecule has 1 amide bonds. The number of thiazole rings is 1. The Labute approximate surface area is 166 Å². The summed E-state index contributed by atoms with van der Waals surface area (Å²) >= 11 is 1.56. The fraction of sp³-hybridized carbons (Fsp3) is 0.238. The number of halogens is 1. The van der Waals surface area contributed by atoms with Crippen LogP contribution in [0.4, 0.5) is 9.52 Å². The second-order valence-electron chi connectivity index (χ2n) is 6.88. The van der Waals surface area contributed by atoms with Crippen LogP contribution in [0.3, 0.4) is 0 Å². The van der Waals surface area contributed by atoms with Crippen molar-refractivity contribution in [3.63, 3.8) is 0 Å². The number of anilines is 1. The van der Waals surface area contributed by atoms with Gasteiger partial charge in [-0.1, -0.05) is 41.7 Å². The average molecular weight is 396 g/mol. The number of amides is 1. The topological polar surface area (TPSA) is 80.0 Å². The lowest BCUT2D eigenvalue weighted by Gasteiger charge is -2.12. The van der Waals surface area contributed by atoms with Crippen LogP contribution in [0.1, 0.15) is 27.0 Å². The lowest BCUT2D eigenvalue weighted by atomic mass is 10.1. The molecule has 0 bridgehead atoms. The molecule has 4 rings (SSSR count). The number of nitrogens with one attached hydrogen (secondary N) is 2. The molecule has 7 heteroatoms. The summed E-state index contributed by atoms with van der Waals surface area (Å²) in [5.41, 5.74) is 10.8. The Morgan fingerprint density at radius 2 is 2.00 bits per heavy atom. The zero-order valence-corrected chi connectivity index (χ0v) is 16.1. The summed E-state index contributed by atoms with van der Waals surface area (Å²) in [6.45, 7) is 0.727. The van der Waals surface area contributed by atoms with Gasteiger partial charge in [-0.3, -0.25) is 4.79 Å². The highest BCUT2D eigenvalue weighted by atomic mass is 32.1. The van der Waals surface area contributed by atoms with Gasteiger partial charge in [-0.15, -0.1) is 0 Å². The number of aromatic nitrogens is 1. The van der Waals surface area contributed by atoms with E-state index in [0.717, 1.165) is 32.3 Å². The molecule has 5 nitrogen and oxygen atoms in total. The molecule has 0 aliphatic carbocycles. The minimum Gasteiger partial charge on any atom is -0.360 e. The van der Waals surface area contributed by atoms with Gasteiger partial charge < -0.3 is 16.4 Å². The molecular weight excluding hydrogens is 375 g/mol. The Kier molecular flexibility index (Phi) is 5.36. The maximum absolute atomic E-state index is 12.6. The normalized spacial score (nSPS) is 13.9. The molecule has 1 aliphatic rings. The number of nitrogens with zero attached hydrogens (tertiary/aromatic N) is 1. The molecule has 1 aliphatic heterocycles. The van der Waals surface area contributed by atoms with E-state index in [2.05, 4.69) is 15.6 Å². The van der Waals surface area contributed by atoms with Crippen LogP contribution in [-0.4, -0.2) is 23.5 Å². The van der Waals surface area contributed by atoms with Crippen LogP contribution >= 0.6 is 11.3 Å². The Bertz CT molecular complexity index is 986. The molecule has 0 spiro atoms. The van der Waals surface area contributed by atoms with Crippen molar-refractivity contribution in [2.75, 3.05) is 11.9 Å². The molecule has 4 N–H and O–H groups in total. The van der Waals surface area contributed by atoms with Gasteiger partial charge in [0.05, 0.1) is 4.88 Å². The largest absolute Gasteiger partial charge is 0.360 e. The second-order valence-corrected chi connectivity index (χ2v) is 7.91. The number of carbonyl (C=O) groups excluding carboxylic acids is 1. The highest BCUT2D eigenvalue weighted by molar-refractivity contribution is 7.18. The predicted octanol–water partition coefficient (Wildman–Crippen LogP) is 3.50. The molecule has 3 aromatic rings. The molecule has 2 aromatic carbocycles. The molecule has 144 valence electrons. The first-order chi connectivity index (χ1) is 13.6. The number of fused-ring (bicyclic) bond motifs is 1. The van der Waals surface area contributed by atoms with E-state index in [4.69, 9.17) is 5.73 Å². The summed E-state index contributed by atoms with van der Waals surface area (Å²) in [5, 5.41) is 6.94. The first-order valence-corrected chi connectivity index (χ1v) is 9.94. The number of hydrogen-bond acceptors (Lipinski definition) is 5. The van der Waals surface area contributed by atoms with Crippen LogP contribution in [0.5, 0.6) is 0 Å². The molecule has 0 unspecified atom stereocenters. The molecule has 0 saturated carbocycles. The van der Waals surface area contributed by atoms with Crippen molar-refractivity contribution in [1.29, 1.82) is 0 Å². The molecule has 2 heterocycles. The van der Waals surface area contributed by atoms with E-state index in [1.165, 1.54) is 0 Å². The highest BCUT2D eigenvalue weighted by Crippen LogP contribution is 2.31. The third-order valence-electron chi connectivity index (χ3n) is 4.77. The monoisotopic (exact) mass is 396 g/mol. The highest BCUT2D eigenvalue weighted by Gasteiger charge is 2.19. The quantitative estimate of drug-likeness (QED) is 0.571. The number of benzene rings is 2. The number of hydrogen-bond donors (Lipinski definition) is 3. The van der Waals surface area contributed by atoms with Crippen molar-refractivity contribution < 1.29 is 9.18 Å². The van der Waals surface area contributed by atoms with Gasteiger partial charge >= 0.3 is 0 Å².